The van der Waals surface area contributed by atoms with Gasteiger partial charge in [0.15, 0.2) is 5.96 Å². The molecule has 1 aliphatic heterocycles. The number of anilines is 1. The van der Waals surface area contributed by atoms with E-state index in [2.05, 4.69) is 61.8 Å². The summed E-state index contributed by atoms with van der Waals surface area (Å²) in [4.78, 5) is 9.90. The summed E-state index contributed by atoms with van der Waals surface area (Å²) in [5.74, 6) is 0.947. The van der Waals surface area contributed by atoms with Crippen molar-refractivity contribution >= 4 is 47.0 Å². The number of benzene rings is 1. The topological polar surface area (TPSA) is 52.1 Å². The molecule has 6 nitrogen and oxygen atoms in total. The number of nitrogens with zero attached hydrogens (tertiary/aromatic N) is 3. The van der Waals surface area contributed by atoms with E-state index in [-0.39, 0.29) is 41.8 Å². The highest BCUT2D eigenvalue weighted by atomic mass is 127. The molecule has 0 amide bonds. The summed E-state index contributed by atoms with van der Waals surface area (Å²) >= 11 is 1.74. The number of ether oxygens (including phenoxy) is 1. The Kier molecular flexibility index (Phi) is 10.2. The van der Waals surface area contributed by atoms with E-state index >= 15 is 0 Å². The van der Waals surface area contributed by atoms with Crippen LogP contribution in [0.1, 0.15) is 17.3 Å². The summed E-state index contributed by atoms with van der Waals surface area (Å²) in [5.41, 5.74) is 0.690. The number of aliphatic imine (C=N–C) groups is 1. The summed E-state index contributed by atoms with van der Waals surface area (Å²) in [6, 6.07) is 11.5. The molecule has 10 heteroatoms. The molecule has 172 valence electrons. The first-order valence-electron chi connectivity index (χ1n) is 9.93. The zero-order chi connectivity index (χ0) is 21.5. The van der Waals surface area contributed by atoms with Gasteiger partial charge in [-0.1, -0.05) is 18.2 Å². The maximum absolute atomic E-state index is 12.7. The smallest absolute Gasteiger partial charge is 0.387 e. The Morgan fingerprint density at radius 3 is 2.71 bits per heavy atom. The standard InChI is InChI=1S/C21H29F2N5OS.HI/c1-24-21(25-13-17(27(2)3)19-9-6-12-30-19)26-15-10-11-28(14-15)16-7-4-5-8-18(16)29-20(22)23;/h4-9,12,15,17,20H,10-11,13-14H2,1-3H3,(H2,24,25,26);1H. The third kappa shape index (κ3) is 7.18. The fourth-order valence-corrected chi connectivity index (χ4v) is 4.53. The molecule has 1 fully saturated rings. The number of alkyl halides is 2. The first-order chi connectivity index (χ1) is 14.5. The third-order valence-corrected chi connectivity index (χ3v) is 6.11. The van der Waals surface area contributed by atoms with E-state index in [0.717, 1.165) is 25.5 Å². The van der Waals surface area contributed by atoms with E-state index in [1.807, 2.05) is 12.1 Å². The summed E-state index contributed by atoms with van der Waals surface area (Å²) < 4.78 is 30.1. The number of hydrogen-bond acceptors (Lipinski definition) is 5. The minimum Gasteiger partial charge on any atom is -0.433 e. The Balaban J connectivity index is 0.00000341. The van der Waals surface area contributed by atoms with Crippen LogP contribution in [0.2, 0.25) is 0 Å². The molecule has 2 unspecified atom stereocenters. The average Bonchev–Trinajstić information content (AvgIpc) is 3.39. The fourth-order valence-electron chi connectivity index (χ4n) is 3.61. The van der Waals surface area contributed by atoms with Gasteiger partial charge in [-0.2, -0.15) is 8.78 Å². The number of likely N-dealkylation sites (N-methyl/N-ethyl adjacent to an activating group) is 1. The predicted molar refractivity (Wildman–Crippen MR) is 134 cm³/mol. The van der Waals surface area contributed by atoms with Crippen LogP contribution in [0.4, 0.5) is 14.5 Å². The van der Waals surface area contributed by atoms with Gasteiger partial charge in [0.2, 0.25) is 0 Å². The molecule has 2 atom stereocenters. The minimum absolute atomic E-state index is 0. The van der Waals surface area contributed by atoms with Gasteiger partial charge in [-0.05, 0) is 44.1 Å². The van der Waals surface area contributed by atoms with Gasteiger partial charge in [0.1, 0.15) is 5.75 Å². The molecule has 1 aromatic heterocycles. The Bertz CT molecular complexity index is 822. The van der Waals surface area contributed by atoms with Gasteiger partial charge in [0.25, 0.3) is 0 Å². The molecule has 1 aliphatic rings. The van der Waals surface area contributed by atoms with Gasteiger partial charge in [-0.25, -0.2) is 0 Å². The molecule has 2 aromatic rings. The molecule has 0 saturated carbocycles. The first kappa shape index (κ1) is 25.6. The second kappa shape index (κ2) is 12.4. The second-order valence-corrected chi connectivity index (χ2v) is 8.35. The molecule has 0 radical (unpaired) electrons. The lowest BCUT2D eigenvalue weighted by Crippen LogP contribution is -2.46. The number of nitrogens with one attached hydrogen (secondary N) is 2. The number of thiophene rings is 1. The van der Waals surface area contributed by atoms with Crippen LogP contribution < -0.4 is 20.3 Å². The van der Waals surface area contributed by atoms with Crippen molar-refractivity contribution in [2.45, 2.75) is 25.1 Å². The average molecular weight is 565 g/mol. The molecule has 1 saturated heterocycles. The highest BCUT2D eigenvalue weighted by molar-refractivity contribution is 14.0. The van der Waals surface area contributed by atoms with Crippen LogP contribution in [-0.2, 0) is 0 Å². The molecular weight excluding hydrogens is 535 g/mol. The van der Waals surface area contributed by atoms with E-state index in [1.54, 1.807) is 30.5 Å². The van der Waals surface area contributed by atoms with Gasteiger partial charge in [-0.3, -0.25) is 4.99 Å². The minimum atomic E-state index is -2.83. The summed E-state index contributed by atoms with van der Waals surface area (Å²) in [6.07, 6.45) is 0.881. The molecule has 2 N–H and O–H groups in total. The van der Waals surface area contributed by atoms with Crippen LogP contribution in [0, 0.1) is 0 Å². The van der Waals surface area contributed by atoms with Crippen molar-refractivity contribution in [2.75, 3.05) is 45.7 Å². The van der Waals surface area contributed by atoms with Crippen molar-refractivity contribution in [2.24, 2.45) is 4.99 Å². The SMILES string of the molecule is CN=C(NCC(c1cccs1)N(C)C)NC1CCN(c2ccccc2OC(F)F)C1.I. The number of para-hydroxylation sites is 2. The normalized spacial score (nSPS) is 17.6. The summed E-state index contributed by atoms with van der Waals surface area (Å²) in [5, 5.41) is 8.96. The third-order valence-electron chi connectivity index (χ3n) is 5.13. The quantitative estimate of drug-likeness (QED) is 0.288. The molecule has 1 aromatic carbocycles. The van der Waals surface area contributed by atoms with Gasteiger partial charge >= 0.3 is 6.61 Å². The maximum atomic E-state index is 12.7. The molecule has 0 bridgehead atoms. The van der Waals surface area contributed by atoms with Crippen molar-refractivity contribution in [1.29, 1.82) is 0 Å². The number of guanidine groups is 1. The van der Waals surface area contributed by atoms with Crippen LogP contribution >= 0.6 is 35.3 Å². The molecule has 2 heterocycles. The van der Waals surface area contributed by atoms with E-state index < -0.39 is 6.61 Å². The van der Waals surface area contributed by atoms with Gasteiger partial charge < -0.3 is 25.2 Å². The van der Waals surface area contributed by atoms with Crippen molar-refractivity contribution in [3.63, 3.8) is 0 Å². The van der Waals surface area contributed by atoms with Gasteiger partial charge in [0.05, 0.1) is 11.7 Å². The van der Waals surface area contributed by atoms with Crippen molar-refractivity contribution in [3.8, 4) is 5.75 Å². The van der Waals surface area contributed by atoms with Crippen molar-refractivity contribution in [1.82, 2.24) is 15.5 Å². The number of halogens is 3. The second-order valence-electron chi connectivity index (χ2n) is 7.37. The molecule has 0 spiro atoms. The molecule has 0 aliphatic carbocycles. The van der Waals surface area contributed by atoms with Gasteiger partial charge in [0, 0.05) is 37.6 Å². The van der Waals surface area contributed by atoms with E-state index in [9.17, 15) is 8.78 Å². The summed E-state index contributed by atoms with van der Waals surface area (Å²) in [6.45, 7) is -0.659. The fraction of sp³-hybridized carbons (Fsp3) is 0.476. The highest BCUT2D eigenvalue weighted by Crippen LogP contribution is 2.31. The van der Waals surface area contributed by atoms with Crippen LogP contribution in [0.5, 0.6) is 5.75 Å². The van der Waals surface area contributed by atoms with Crippen molar-refractivity contribution in [3.05, 3.63) is 46.7 Å². The zero-order valence-electron chi connectivity index (χ0n) is 17.9. The highest BCUT2D eigenvalue weighted by Gasteiger charge is 2.26. The Hall–Kier alpha value is -1.66. The Labute approximate surface area is 203 Å². The maximum Gasteiger partial charge on any atom is 0.387 e. The van der Waals surface area contributed by atoms with Crippen LogP contribution in [0.15, 0.2) is 46.8 Å². The lowest BCUT2D eigenvalue weighted by molar-refractivity contribution is -0.0495. The van der Waals surface area contributed by atoms with E-state index in [0.29, 0.717) is 12.2 Å². The largest absolute Gasteiger partial charge is 0.433 e. The molecule has 31 heavy (non-hydrogen) atoms. The van der Waals surface area contributed by atoms with Crippen molar-refractivity contribution < 1.29 is 13.5 Å². The van der Waals surface area contributed by atoms with Crippen LogP contribution in [-0.4, -0.2) is 64.3 Å². The van der Waals surface area contributed by atoms with Gasteiger partial charge in [-0.15, -0.1) is 35.3 Å². The molecule has 3 rings (SSSR count). The van der Waals surface area contributed by atoms with E-state index in [1.165, 1.54) is 4.88 Å². The molecular formula is C21H30F2IN5OS. The summed E-state index contributed by atoms with van der Waals surface area (Å²) in [7, 11) is 5.88. The monoisotopic (exact) mass is 565 g/mol. The lowest BCUT2D eigenvalue weighted by atomic mass is 10.2. The van der Waals surface area contributed by atoms with Crippen LogP contribution in [0.25, 0.3) is 0 Å². The lowest BCUT2D eigenvalue weighted by Gasteiger charge is -2.26. The number of rotatable bonds is 8. The number of hydrogen-bond donors (Lipinski definition) is 2. The Morgan fingerprint density at radius 1 is 1.29 bits per heavy atom. The van der Waals surface area contributed by atoms with E-state index in [4.69, 9.17) is 0 Å². The first-order valence-corrected chi connectivity index (χ1v) is 10.8. The zero-order valence-corrected chi connectivity index (χ0v) is 21.1. The van der Waals surface area contributed by atoms with Crippen LogP contribution in [0.3, 0.4) is 0 Å². The predicted octanol–water partition coefficient (Wildman–Crippen LogP) is 4.01. The Morgan fingerprint density at radius 2 is 2.06 bits per heavy atom.